The average Bonchev–Trinajstić information content (AvgIpc) is 2.68. The molecule has 0 unspecified atom stereocenters. The number of unbranched alkanes of at least 4 members (excludes halogenated alkanes) is 1. The minimum absolute atomic E-state index is 0.0156. The van der Waals surface area contributed by atoms with Gasteiger partial charge in [0.2, 0.25) is 0 Å². The van der Waals surface area contributed by atoms with E-state index >= 15 is 0 Å². The molecule has 2 fully saturated rings. The number of hydrogen-bond donors (Lipinski definition) is 0. The fraction of sp³-hybridized carbons (Fsp3) is 0.708. The van der Waals surface area contributed by atoms with E-state index in [2.05, 4.69) is 26.0 Å². The summed E-state index contributed by atoms with van der Waals surface area (Å²) in [4.78, 5) is 12.5. The van der Waals surface area contributed by atoms with Gasteiger partial charge in [0.05, 0.1) is 5.92 Å². The zero-order valence-electron chi connectivity index (χ0n) is 16.7. The zero-order chi connectivity index (χ0) is 18.4. The van der Waals surface area contributed by atoms with Crippen molar-refractivity contribution in [3.05, 3.63) is 29.8 Å². The summed E-state index contributed by atoms with van der Waals surface area (Å²) in [6, 6.07) is 8.34. The summed E-state index contributed by atoms with van der Waals surface area (Å²) in [5.74, 6) is 3.20. The van der Waals surface area contributed by atoms with Crippen LogP contribution in [0.3, 0.4) is 0 Å². The third-order valence-corrected chi connectivity index (χ3v) is 6.73. The van der Waals surface area contributed by atoms with Crippen molar-refractivity contribution in [2.75, 3.05) is 0 Å². The highest BCUT2D eigenvalue weighted by atomic mass is 16.5. The summed E-state index contributed by atoms with van der Waals surface area (Å²) < 4.78 is 5.69. The number of carbonyl (C=O) groups excluding carboxylic acids is 1. The molecule has 0 spiro atoms. The van der Waals surface area contributed by atoms with Gasteiger partial charge in [-0.2, -0.15) is 0 Å². The second kappa shape index (κ2) is 9.58. The summed E-state index contributed by atoms with van der Waals surface area (Å²) >= 11 is 0. The van der Waals surface area contributed by atoms with Crippen LogP contribution in [0.4, 0.5) is 0 Å². The maximum Gasteiger partial charge on any atom is 0.314 e. The molecular weight excluding hydrogens is 320 g/mol. The number of esters is 1. The molecule has 1 aromatic rings. The quantitative estimate of drug-likeness (QED) is 0.410. The predicted molar refractivity (Wildman–Crippen MR) is 107 cm³/mol. The molecule has 0 saturated heterocycles. The van der Waals surface area contributed by atoms with Gasteiger partial charge in [0.15, 0.2) is 0 Å². The largest absolute Gasteiger partial charge is 0.426 e. The first kappa shape index (κ1) is 19.5. The molecule has 2 aliphatic rings. The normalized spacial score (nSPS) is 29.3. The van der Waals surface area contributed by atoms with E-state index in [0.29, 0.717) is 5.92 Å². The van der Waals surface area contributed by atoms with E-state index in [0.717, 1.165) is 30.4 Å². The van der Waals surface area contributed by atoms with Crippen LogP contribution >= 0.6 is 0 Å². The molecule has 2 nitrogen and oxygen atoms in total. The molecule has 2 saturated carbocycles. The zero-order valence-corrected chi connectivity index (χ0v) is 16.7. The van der Waals surface area contributed by atoms with Crippen LogP contribution in [0.5, 0.6) is 5.75 Å². The van der Waals surface area contributed by atoms with E-state index in [1.807, 2.05) is 12.1 Å². The smallest absolute Gasteiger partial charge is 0.314 e. The summed E-state index contributed by atoms with van der Waals surface area (Å²) in [7, 11) is 0. The molecule has 26 heavy (non-hydrogen) atoms. The molecular formula is C24H36O2. The topological polar surface area (TPSA) is 26.3 Å². The Morgan fingerprint density at radius 2 is 1.62 bits per heavy atom. The van der Waals surface area contributed by atoms with E-state index in [9.17, 15) is 4.79 Å². The molecule has 0 aliphatic heterocycles. The molecule has 144 valence electrons. The van der Waals surface area contributed by atoms with E-state index in [-0.39, 0.29) is 11.9 Å². The molecule has 0 heterocycles. The van der Waals surface area contributed by atoms with Crippen LogP contribution in [0.25, 0.3) is 0 Å². The van der Waals surface area contributed by atoms with Crippen molar-refractivity contribution in [2.45, 2.75) is 90.4 Å². The Balaban J connectivity index is 1.46. The van der Waals surface area contributed by atoms with Gasteiger partial charge in [-0.05, 0) is 74.0 Å². The molecule has 0 radical (unpaired) electrons. The van der Waals surface area contributed by atoms with Gasteiger partial charge in [-0.3, -0.25) is 4.79 Å². The van der Waals surface area contributed by atoms with Gasteiger partial charge in [-0.1, -0.05) is 58.1 Å². The molecule has 0 N–H and O–H groups in total. The third-order valence-electron chi connectivity index (χ3n) is 6.73. The van der Waals surface area contributed by atoms with E-state index < -0.39 is 0 Å². The molecule has 3 rings (SSSR count). The Bertz CT molecular complexity index is 546. The van der Waals surface area contributed by atoms with Crippen LogP contribution in [0.2, 0.25) is 0 Å². The first-order valence-corrected chi connectivity index (χ1v) is 11.0. The van der Waals surface area contributed by atoms with Gasteiger partial charge in [0.1, 0.15) is 5.75 Å². The van der Waals surface area contributed by atoms with Gasteiger partial charge >= 0.3 is 5.97 Å². The monoisotopic (exact) mass is 356 g/mol. The molecule has 2 aliphatic carbocycles. The van der Waals surface area contributed by atoms with Crippen LogP contribution in [0.1, 0.15) is 96.0 Å². The van der Waals surface area contributed by atoms with Crippen molar-refractivity contribution in [3.8, 4) is 5.75 Å². The lowest BCUT2D eigenvalue weighted by Gasteiger charge is -2.27. The van der Waals surface area contributed by atoms with Crippen molar-refractivity contribution in [2.24, 2.45) is 17.8 Å². The third kappa shape index (κ3) is 5.34. The predicted octanol–water partition coefficient (Wildman–Crippen LogP) is 6.88. The lowest BCUT2D eigenvalue weighted by Crippen LogP contribution is -2.25. The van der Waals surface area contributed by atoms with Crippen molar-refractivity contribution in [1.29, 1.82) is 0 Å². The van der Waals surface area contributed by atoms with Crippen LogP contribution in [0, 0.1) is 17.8 Å². The van der Waals surface area contributed by atoms with Crippen molar-refractivity contribution < 1.29 is 9.53 Å². The highest BCUT2D eigenvalue weighted by Gasteiger charge is 2.27. The number of hydrogen-bond acceptors (Lipinski definition) is 2. The minimum Gasteiger partial charge on any atom is -0.426 e. The van der Waals surface area contributed by atoms with Crippen LogP contribution in [-0.4, -0.2) is 5.97 Å². The Morgan fingerprint density at radius 1 is 0.962 bits per heavy atom. The summed E-state index contributed by atoms with van der Waals surface area (Å²) in [5.41, 5.74) is 1.41. The molecule has 0 amide bonds. The van der Waals surface area contributed by atoms with Gasteiger partial charge in [0, 0.05) is 0 Å². The van der Waals surface area contributed by atoms with Crippen LogP contribution in [0.15, 0.2) is 24.3 Å². The highest BCUT2D eigenvalue weighted by molar-refractivity contribution is 5.75. The average molecular weight is 357 g/mol. The Morgan fingerprint density at radius 3 is 2.23 bits per heavy atom. The van der Waals surface area contributed by atoms with Gasteiger partial charge in [0.25, 0.3) is 0 Å². The molecule has 1 aromatic carbocycles. The van der Waals surface area contributed by atoms with Gasteiger partial charge in [-0.25, -0.2) is 0 Å². The number of ether oxygens (including phenoxy) is 1. The second-order valence-corrected chi connectivity index (χ2v) is 8.81. The Kier molecular flexibility index (Phi) is 7.16. The SMILES string of the molecule is CCCCC1CCC(C(=O)Oc2ccc(C3CCC(C)CC3)cc2)CC1. The standard InChI is InChI=1S/C24H36O2/c1-3-4-5-19-8-12-22(13-9-19)24(25)26-23-16-14-21(15-17-23)20-10-6-18(2)7-11-20/h14-20,22H,3-13H2,1-2H3. The summed E-state index contributed by atoms with van der Waals surface area (Å²) in [5, 5.41) is 0. The maximum atomic E-state index is 12.5. The number of carbonyl (C=O) groups is 1. The van der Waals surface area contributed by atoms with Gasteiger partial charge < -0.3 is 4.74 Å². The lowest BCUT2D eigenvalue weighted by molar-refractivity contribution is -0.140. The lowest BCUT2D eigenvalue weighted by atomic mass is 9.79. The number of rotatable bonds is 6. The summed E-state index contributed by atoms with van der Waals surface area (Å²) in [6.07, 6.45) is 13.6. The second-order valence-electron chi connectivity index (χ2n) is 8.81. The van der Waals surface area contributed by atoms with Crippen molar-refractivity contribution in [1.82, 2.24) is 0 Å². The molecule has 0 aromatic heterocycles. The first-order chi connectivity index (χ1) is 12.7. The molecule has 2 heteroatoms. The minimum atomic E-state index is -0.0156. The Labute approximate surface area is 159 Å². The van der Waals surface area contributed by atoms with Crippen LogP contribution in [-0.2, 0) is 4.79 Å². The number of benzene rings is 1. The fourth-order valence-electron chi connectivity index (χ4n) is 4.78. The van der Waals surface area contributed by atoms with E-state index in [1.54, 1.807) is 0 Å². The van der Waals surface area contributed by atoms with Crippen molar-refractivity contribution >= 4 is 5.97 Å². The molecule has 0 bridgehead atoms. The first-order valence-electron chi connectivity index (χ1n) is 11.0. The maximum absolute atomic E-state index is 12.5. The van der Waals surface area contributed by atoms with E-state index in [1.165, 1.54) is 63.4 Å². The molecule has 0 atom stereocenters. The van der Waals surface area contributed by atoms with E-state index in [4.69, 9.17) is 4.74 Å². The highest BCUT2D eigenvalue weighted by Crippen LogP contribution is 2.36. The fourth-order valence-corrected chi connectivity index (χ4v) is 4.78. The van der Waals surface area contributed by atoms with Crippen LogP contribution < -0.4 is 4.74 Å². The Hall–Kier alpha value is -1.31. The van der Waals surface area contributed by atoms with Gasteiger partial charge in [-0.15, -0.1) is 0 Å². The van der Waals surface area contributed by atoms with Crippen molar-refractivity contribution in [3.63, 3.8) is 0 Å². The summed E-state index contributed by atoms with van der Waals surface area (Å²) in [6.45, 7) is 4.61.